The van der Waals surface area contributed by atoms with Crippen LogP contribution in [0.3, 0.4) is 0 Å². The van der Waals surface area contributed by atoms with Crippen molar-refractivity contribution in [3.63, 3.8) is 0 Å². The van der Waals surface area contributed by atoms with Crippen molar-refractivity contribution in [3.05, 3.63) is 48.2 Å². The first-order chi connectivity index (χ1) is 12.0. The van der Waals surface area contributed by atoms with E-state index in [2.05, 4.69) is 15.3 Å². The first-order valence-corrected chi connectivity index (χ1v) is 8.29. The van der Waals surface area contributed by atoms with Crippen molar-refractivity contribution < 1.29 is 9.53 Å². The van der Waals surface area contributed by atoms with Crippen LogP contribution in [-0.4, -0.2) is 54.2 Å². The first-order valence-electron chi connectivity index (χ1n) is 8.29. The van der Waals surface area contributed by atoms with E-state index < -0.39 is 0 Å². The average molecular weight is 341 g/mol. The van der Waals surface area contributed by atoms with E-state index in [0.29, 0.717) is 24.9 Å². The molecule has 0 bridgehead atoms. The summed E-state index contributed by atoms with van der Waals surface area (Å²) >= 11 is 0. The molecule has 7 nitrogen and oxygen atoms in total. The van der Waals surface area contributed by atoms with Gasteiger partial charge in [-0.15, -0.1) is 0 Å². The highest BCUT2D eigenvalue weighted by molar-refractivity contribution is 5.88. The number of rotatable bonds is 3. The van der Waals surface area contributed by atoms with Crippen LogP contribution in [0.25, 0.3) is 0 Å². The van der Waals surface area contributed by atoms with Crippen LogP contribution < -0.4 is 10.2 Å². The maximum atomic E-state index is 12.7. The van der Waals surface area contributed by atoms with Gasteiger partial charge in [0, 0.05) is 26.8 Å². The largest absolute Gasteiger partial charge is 0.367 e. The Hall–Kier alpha value is -2.67. The van der Waals surface area contributed by atoms with Gasteiger partial charge < -0.3 is 14.5 Å². The number of morpholine rings is 1. The lowest BCUT2D eigenvalue weighted by Crippen LogP contribution is -2.47. The standard InChI is InChI=1S/C18H23N5O2/c1-13-11-23(12-15(25-13)14-7-5-4-6-8-14)18(24)21-16-9-10-19-17(20-16)22(2)3/h4-10,13,15H,11-12H2,1-3H3,(H,19,20,21,24)/t13-,15-/m0/s1. The van der Waals surface area contributed by atoms with Crippen LogP contribution in [0.1, 0.15) is 18.6 Å². The van der Waals surface area contributed by atoms with Gasteiger partial charge in [-0.1, -0.05) is 30.3 Å². The Morgan fingerprint density at radius 2 is 2.00 bits per heavy atom. The van der Waals surface area contributed by atoms with Crippen LogP contribution >= 0.6 is 0 Å². The number of benzene rings is 1. The Morgan fingerprint density at radius 1 is 1.24 bits per heavy atom. The van der Waals surface area contributed by atoms with Crippen molar-refractivity contribution in [2.24, 2.45) is 0 Å². The third-order valence-electron chi connectivity index (χ3n) is 4.00. The van der Waals surface area contributed by atoms with Crippen molar-refractivity contribution in [1.82, 2.24) is 14.9 Å². The summed E-state index contributed by atoms with van der Waals surface area (Å²) in [6.45, 7) is 3.02. The van der Waals surface area contributed by atoms with E-state index in [1.165, 1.54) is 0 Å². The smallest absolute Gasteiger partial charge is 0.323 e. The van der Waals surface area contributed by atoms with Gasteiger partial charge in [-0.05, 0) is 18.6 Å². The number of nitrogens with one attached hydrogen (secondary N) is 1. The van der Waals surface area contributed by atoms with Gasteiger partial charge in [-0.2, -0.15) is 4.98 Å². The van der Waals surface area contributed by atoms with Crippen molar-refractivity contribution in [2.45, 2.75) is 19.1 Å². The Labute approximate surface area is 147 Å². The summed E-state index contributed by atoms with van der Waals surface area (Å²) in [4.78, 5) is 24.7. The van der Waals surface area contributed by atoms with E-state index in [1.807, 2.05) is 51.4 Å². The second-order valence-electron chi connectivity index (χ2n) is 6.32. The van der Waals surface area contributed by atoms with Gasteiger partial charge in [-0.3, -0.25) is 5.32 Å². The zero-order chi connectivity index (χ0) is 17.8. The Bertz CT molecular complexity index is 722. The van der Waals surface area contributed by atoms with Crippen molar-refractivity contribution in [3.8, 4) is 0 Å². The van der Waals surface area contributed by atoms with Crippen LogP contribution in [0.15, 0.2) is 42.6 Å². The number of nitrogens with zero attached hydrogens (tertiary/aromatic N) is 4. The Kier molecular flexibility index (Phi) is 5.14. The molecule has 132 valence electrons. The molecule has 2 amide bonds. The minimum Gasteiger partial charge on any atom is -0.367 e. The van der Waals surface area contributed by atoms with Gasteiger partial charge in [0.15, 0.2) is 0 Å². The van der Waals surface area contributed by atoms with E-state index >= 15 is 0 Å². The lowest BCUT2D eigenvalue weighted by molar-refractivity contribution is -0.0642. The van der Waals surface area contributed by atoms with E-state index in [9.17, 15) is 4.79 Å². The molecule has 25 heavy (non-hydrogen) atoms. The number of amides is 2. The zero-order valence-electron chi connectivity index (χ0n) is 14.7. The number of aromatic nitrogens is 2. The van der Waals surface area contributed by atoms with Gasteiger partial charge in [0.1, 0.15) is 11.9 Å². The molecule has 1 aromatic heterocycles. The van der Waals surface area contributed by atoms with E-state index in [4.69, 9.17) is 4.74 Å². The van der Waals surface area contributed by atoms with Gasteiger partial charge in [0.05, 0.1) is 12.6 Å². The monoisotopic (exact) mass is 341 g/mol. The van der Waals surface area contributed by atoms with Crippen LogP contribution in [0.5, 0.6) is 0 Å². The molecule has 1 N–H and O–H groups in total. The predicted molar refractivity (Wildman–Crippen MR) is 96.7 cm³/mol. The predicted octanol–water partition coefficient (Wildman–Crippen LogP) is 2.54. The fourth-order valence-electron chi connectivity index (χ4n) is 2.79. The first kappa shape index (κ1) is 17.2. The lowest BCUT2D eigenvalue weighted by atomic mass is 10.1. The molecule has 7 heteroatoms. The van der Waals surface area contributed by atoms with Crippen molar-refractivity contribution in [1.29, 1.82) is 0 Å². The normalized spacial score (nSPS) is 20.2. The van der Waals surface area contributed by atoms with Crippen molar-refractivity contribution >= 4 is 17.8 Å². The maximum Gasteiger partial charge on any atom is 0.323 e. The van der Waals surface area contributed by atoms with Crippen LogP contribution in [-0.2, 0) is 4.74 Å². The molecule has 0 aliphatic carbocycles. The molecule has 2 atom stereocenters. The molecule has 1 aliphatic rings. The number of anilines is 2. The van der Waals surface area contributed by atoms with Gasteiger partial charge in [0.2, 0.25) is 5.95 Å². The highest BCUT2D eigenvalue weighted by Gasteiger charge is 2.29. The van der Waals surface area contributed by atoms with Gasteiger partial charge in [0.25, 0.3) is 0 Å². The molecule has 2 heterocycles. The number of ether oxygens (including phenoxy) is 1. The third-order valence-corrected chi connectivity index (χ3v) is 4.00. The molecule has 0 radical (unpaired) electrons. The molecule has 1 saturated heterocycles. The number of hydrogen-bond donors (Lipinski definition) is 1. The second-order valence-corrected chi connectivity index (χ2v) is 6.32. The topological polar surface area (TPSA) is 70.6 Å². The molecular formula is C18H23N5O2. The molecule has 0 unspecified atom stereocenters. The highest BCUT2D eigenvalue weighted by Crippen LogP contribution is 2.25. The third kappa shape index (κ3) is 4.24. The molecule has 1 aliphatic heterocycles. The maximum absolute atomic E-state index is 12.7. The molecular weight excluding hydrogens is 318 g/mol. The number of hydrogen-bond acceptors (Lipinski definition) is 5. The van der Waals surface area contributed by atoms with Gasteiger partial charge >= 0.3 is 6.03 Å². The summed E-state index contributed by atoms with van der Waals surface area (Å²) in [7, 11) is 3.71. The van der Waals surface area contributed by atoms with Crippen LogP contribution in [0.4, 0.5) is 16.6 Å². The average Bonchev–Trinajstić information content (AvgIpc) is 2.62. The second kappa shape index (κ2) is 7.48. The molecule has 0 saturated carbocycles. The van der Waals surface area contributed by atoms with Crippen LogP contribution in [0, 0.1) is 0 Å². The molecule has 0 spiro atoms. The number of urea groups is 1. The minimum absolute atomic E-state index is 0.0348. The summed E-state index contributed by atoms with van der Waals surface area (Å²) < 4.78 is 6.00. The number of carbonyl (C=O) groups excluding carboxylic acids is 1. The summed E-state index contributed by atoms with van der Waals surface area (Å²) in [5, 5.41) is 2.85. The van der Waals surface area contributed by atoms with E-state index in [1.54, 1.807) is 22.1 Å². The van der Waals surface area contributed by atoms with Crippen LogP contribution in [0.2, 0.25) is 0 Å². The molecule has 2 aromatic rings. The Morgan fingerprint density at radius 3 is 2.72 bits per heavy atom. The molecule has 3 rings (SSSR count). The zero-order valence-corrected chi connectivity index (χ0v) is 14.7. The molecule has 1 aromatic carbocycles. The summed E-state index contributed by atoms with van der Waals surface area (Å²) in [6.07, 6.45) is 1.47. The summed E-state index contributed by atoms with van der Waals surface area (Å²) in [5.41, 5.74) is 1.07. The molecule has 1 fully saturated rings. The number of carbonyl (C=O) groups is 1. The fourth-order valence-corrected chi connectivity index (χ4v) is 2.79. The lowest BCUT2D eigenvalue weighted by Gasteiger charge is -2.36. The SMILES string of the molecule is C[C@H]1CN(C(=O)Nc2ccnc(N(C)C)n2)C[C@@H](c2ccccc2)O1. The van der Waals surface area contributed by atoms with Crippen molar-refractivity contribution in [2.75, 3.05) is 37.4 Å². The summed E-state index contributed by atoms with van der Waals surface area (Å²) in [5.74, 6) is 1.04. The highest BCUT2D eigenvalue weighted by atomic mass is 16.5. The Balaban J connectivity index is 1.70. The minimum atomic E-state index is -0.181. The van der Waals surface area contributed by atoms with E-state index in [0.717, 1.165) is 5.56 Å². The summed E-state index contributed by atoms with van der Waals surface area (Å²) in [6, 6.07) is 11.5. The quantitative estimate of drug-likeness (QED) is 0.929. The van der Waals surface area contributed by atoms with E-state index in [-0.39, 0.29) is 18.2 Å². The fraction of sp³-hybridized carbons (Fsp3) is 0.389. The van der Waals surface area contributed by atoms with Gasteiger partial charge in [-0.25, -0.2) is 9.78 Å².